The first kappa shape index (κ1) is 18.3. The average Bonchev–Trinajstić information content (AvgIpc) is 3.15. The van der Waals surface area contributed by atoms with Crippen molar-refractivity contribution in [2.75, 3.05) is 27.2 Å². The molecule has 7 nitrogen and oxygen atoms in total. The number of nitrogens with one attached hydrogen (secondary N) is 2. The molecule has 0 fully saturated rings. The number of rotatable bonds is 7. The van der Waals surface area contributed by atoms with Crippen LogP contribution in [0.2, 0.25) is 0 Å². The zero-order chi connectivity index (χ0) is 19.5. The number of benzene rings is 1. The maximum Gasteiger partial charge on any atom is 0.292 e. The summed E-state index contributed by atoms with van der Waals surface area (Å²) >= 11 is 0. The molecule has 0 aliphatic rings. The van der Waals surface area contributed by atoms with Gasteiger partial charge in [-0.25, -0.2) is 4.98 Å². The third-order valence-corrected chi connectivity index (χ3v) is 4.77. The Morgan fingerprint density at radius 3 is 2.89 bits per heavy atom. The van der Waals surface area contributed by atoms with E-state index in [1.165, 1.54) is 0 Å². The van der Waals surface area contributed by atoms with Crippen LogP contribution < -0.4 is 10.9 Å². The number of imidazole rings is 1. The van der Waals surface area contributed by atoms with Crippen molar-refractivity contribution in [3.05, 3.63) is 64.8 Å². The number of aromatic amines is 1. The fourth-order valence-corrected chi connectivity index (χ4v) is 3.37. The molecule has 0 amide bonds. The predicted molar refractivity (Wildman–Crippen MR) is 111 cm³/mol. The van der Waals surface area contributed by atoms with Crippen LogP contribution in [0.15, 0.2) is 53.7 Å². The molecule has 3 aromatic heterocycles. The lowest BCUT2D eigenvalue weighted by atomic mass is 10.1. The second-order valence-corrected chi connectivity index (χ2v) is 7.16. The normalized spacial score (nSPS) is 11.7. The number of aromatic nitrogens is 4. The van der Waals surface area contributed by atoms with Crippen LogP contribution in [-0.2, 0) is 6.54 Å². The molecule has 28 heavy (non-hydrogen) atoms. The average molecular weight is 376 g/mol. The summed E-state index contributed by atoms with van der Waals surface area (Å²) in [5.74, 6) is 0. The fourth-order valence-electron chi connectivity index (χ4n) is 3.37. The molecule has 1 aromatic carbocycles. The lowest BCUT2D eigenvalue weighted by Gasteiger charge is -2.11. The van der Waals surface area contributed by atoms with Gasteiger partial charge in [0.1, 0.15) is 0 Å². The fraction of sp³-hybridized carbons (Fsp3) is 0.286. The highest BCUT2D eigenvalue weighted by molar-refractivity contribution is 5.81. The van der Waals surface area contributed by atoms with Crippen molar-refractivity contribution in [3.8, 4) is 11.3 Å². The van der Waals surface area contributed by atoms with E-state index in [4.69, 9.17) is 0 Å². The molecule has 0 saturated heterocycles. The summed E-state index contributed by atoms with van der Waals surface area (Å²) in [5, 5.41) is 3.47. The minimum Gasteiger partial charge on any atom is -0.317 e. The quantitative estimate of drug-likeness (QED) is 0.484. The first-order chi connectivity index (χ1) is 13.6. The van der Waals surface area contributed by atoms with E-state index in [1.807, 2.05) is 40.9 Å². The molecule has 0 unspecified atom stereocenters. The van der Waals surface area contributed by atoms with Gasteiger partial charge in [-0.15, -0.1) is 0 Å². The van der Waals surface area contributed by atoms with Crippen LogP contribution in [0.1, 0.15) is 12.0 Å². The van der Waals surface area contributed by atoms with Gasteiger partial charge in [-0.1, -0.05) is 12.1 Å². The first-order valence-electron chi connectivity index (χ1n) is 9.42. The van der Waals surface area contributed by atoms with E-state index >= 15 is 0 Å². The first-order valence-corrected chi connectivity index (χ1v) is 9.42. The van der Waals surface area contributed by atoms with E-state index in [2.05, 4.69) is 39.3 Å². The Kier molecular flexibility index (Phi) is 5.18. The Morgan fingerprint density at radius 2 is 2.11 bits per heavy atom. The molecule has 0 bridgehead atoms. The molecule has 0 saturated carbocycles. The Balaban J connectivity index is 1.68. The lowest BCUT2D eigenvalue weighted by Crippen LogP contribution is -2.21. The van der Waals surface area contributed by atoms with Crippen LogP contribution in [0.4, 0.5) is 0 Å². The summed E-state index contributed by atoms with van der Waals surface area (Å²) < 4.78 is 1.87. The van der Waals surface area contributed by atoms with E-state index < -0.39 is 0 Å². The van der Waals surface area contributed by atoms with Gasteiger partial charge in [0.25, 0.3) is 5.56 Å². The number of hydrogen-bond acceptors (Lipinski definition) is 5. The standard InChI is InChI=1S/C21H24N6O/c1-26(2)11-5-10-23-13-16-6-3-8-18-19(16)25-21(28)20-24-17(14-27(18)20)15-7-4-9-22-12-15/h3-4,6-9,12,14,23H,5,10-11,13H2,1-2H3,(H,25,28). The summed E-state index contributed by atoms with van der Waals surface area (Å²) in [6, 6.07) is 9.86. The zero-order valence-electron chi connectivity index (χ0n) is 16.1. The number of fused-ring (bicyclic) bond motifs is 3. The Labute approximate surface area is 163 Å². The van der Waals surface area contributed by atoms with Crippen LogP contribution in [0.5, 0.6) is 0 Å². The van der Waals surface area contributed by atoms with Gasteiger partial charge in [0.15, 0.2) is 0 Å². The summed E-state index contributed by atoms with van der Waals surface area (Å²) in [7, 11) is 4.15. The van der Waals surface area contributed by atoms with Gasteiger partial charge >= 0.3 is 0 Å². The summed E-state index contributed by atoms with van der Waals surface area (Å²) in [6.45, 7) is 2.68. The number of hydrogen-bond donors (Lipinski definition) is 2. The molecule has 0 spiro atoms. The SMILES string of the molecule is CN(C)CCCNCc1cccc2c1[nH]c(=O)c1nc(-c3cccnc3)cn12. The van der Waals surface area contributed by atoms with Crippen LogP contribution in [0, 0.1) is 0 Å². The Hall–Kier alpha value is -3.03. The van der Waals surface area contributed by atoms with Crippen molar-refractivity contribution < 1.29 is 0 Å². The van der Waals surface area contributed by atoms with E-state index in [1.54, 1.807) is 12.4 Å². The van der Waals surface area contributed by atoms with Crippen LogP contribution >= 0.6 is 0 Å². The van der Waals surface area contributed by atoms with E-state index in [-0.39, 0.29) is 5.56 Å². The maximum atomic E-state index is 12.7. The third kappa shape index (κ3) is 3.67. The van der Waals surface area contributed by atoms with Gasteiger partial charge in [-0.05, 0) is 57.4 Å². The molecule has 0 aliphatic heterocycles. The van der Waals surface area contributed by atoms with Gasteiger partial charge in [0, 0.05) is 30.7 Å². The second kappa shape index (κ2) is 7.92. The summed E-state index contributed by atoms with van der Waals surface area (Å²) in [6.07, 6.45) is 6.45. The second-order valence-electron chi connectivity index (χ2n) is 7.16. The summed E-state index contributed by atoms with van der Waals surface area (Å²) in [4.78, 5) is 26.5. The van der Waals surface area contributed by atoms with Gasteiger partial charge in [0.2, 0.25) is 5.65 Å². The van der Waals surface area contributed by atoms with Gasteiger partial charge in [-0.3, -0.25) is 14.2 Å². The van der Waals surface area contributed by atoms with E-state index in [9.17, 15) is 4.79 Å². The molecular formula is C21H24N6O. The highest BCUT2D eigenvalue weighted by Crippen LogP contribution is 2.21. The molecule has 7 heteroatoms. The van der Waals surface area contributed by atoms with Crippen LogP contribution in [0.3, 0.4) is 0 Å². The molecule has 4 rings (SSSR count). The topological polar surface area (TPSA) is 78.3 Å². The monoisotopic (exact) mass is 376 g/mol. The smallest absolute Gasteiger partial charge is 0.292 e. The Morgan fingerprint density at radius 1 is 1.21 bits per heavy atom. The Bertz CT molecular complexity index is 1150. The minimum atomic E-state index is -0.192. The largest absolute Gasteiger partial charge is 0.317 e. The molecule has 0 aliphatic carbocycles. The maximum absolute atomic E-state index is 12.7. The number of pyridine rings is 1. The van der Waals surface area contributed by atoms with Crippen LogP contribution in [-0.4, -0.2) is 51.4 Å². The molecule has 0 radical (unpaired) electrons. The third-order valence-electron chi connectivity index (χ3n) is 4.77. The highest BCUT2D eigenvalue weighted by atomic mass is 16.1. The van der Waals surface area contributed by atoms with Gasteiger partial charge < -0.3 is 15.2 Å². The molecular weight excluding hydrogens is 352 g/mol. The zero-order valence-corrected chi connectivity index (χ0v) is 16.1. The number of para-hydroxylation sites is 1. The number of nitrogens with zero attached hydrogens (tertiary/aromatic N) is 4. The molecule has 0 atom stereocenters. The van der Waals surface area contributed by atoms with Gasteiger partial charge in [0.05, 0.1) is 16.7 Å². The van der Waals surface area contributed by atoms with Crippen molar-refractivity contribution in [1.29, 1.82) is 0 Å². The lowest BCUT2D eigenvalue weighted by molar-refractivity contribution is 0.394. The minimum absolute atomic E-state index is 0.192. The van der Waals surface area contributed by atoms with Crippen molar-refractivity contribution in [2.45, 2.75) is 13.0 Å². The van der Waals surface area contributed by atoms with Crippen LogP contribution in [0.25, 0.3) is 27.9 Å². The predicted octanol–water partition coefficient (Wildman–Crippen LogP) is 2.28. The molecule has 4 aromatic rings. The van der Waals surface area contributed by atoms with Crippen molar-refractivity contribution in [3.63, 3.8) is 0 Å². The van der Waals surface area contributed by atoms with Crippen molar-refractivity contribution >= 4 is 16.7 Å². The highest BCUT2D eigenvalue weighted by Gasteiger charge is 2.12. The number of H-pyrrole nitrogens is 1. The molecule has 2 N–H and O–H groups in total. The van der Waals surface area contributed by atoms with Crippen molar-refractivity contribution in [2.24, 2.45) is 0 Å². The van der Waals surface area contributed by atoms with Gasteiger partial charge in [-0.2, -0.15) is 0 Å². The van der Waals surface area contributed by atoms with E-state index in [0.29, 0.717) is 12.2 Å². The van der Waals surface area contributed by atoms with Crippen molar-refractivity contribution in [1.82, 2.24) is 29.6 Å². The summed E-state index contributed by atoms with van der Waals surface area (Å²) in [5.41, 5.74) is 4.67. The molecule has 144 valence electrons. The van der Waals surface area contributed by atoms with E-state index in [0.717, 1.165) is 47.4 Å². The molecule has 3 heterocycles.